The minimum atomic E-state index is -0.336. The highest BCUT2D eigenvalue weighted by Gasteiger charge is 2.28. The van der Waals surface area contributed by atoms with Crippen LogP contribution in [0.1, 0.15) is 58.3 Å². The molecule has 0 atom stereocenters. The van der Waals surface area contributed by atoms with Crippen molar-refractivity contribution in [1.29, 1.82) is 0 Å². The van der Waals surface area contributed by atoms with E-state index in [-0.39, 0.29) is 17.2 Å². The summed E-state index contributed by atoms with van der Waals surface area (Å²) in [6.07, 6.45) is 8.94. The summed E-state index contributed by atoms with van der Waals surface area (Å²) in [5.74, 6) is 2.01. The molecule has 7 heteroatoms. The monoisotopic (exact) mass is 343 g/mol. The van der Waals surface area contributed by atoms with E-state index in [2.05, 4.69) is 25.5 Å². The van der Waals surface area contributed by atoms with Crippen LogP contribution >= 0.6 is 0 Å². The molecule has 1 amide bonds. The number of hydrogen-bond acceptors (Lipinski definition) is 6. The highest BCUT2D eigenvalue weighted by molar-refractivity contribution is 5.81. The van der Waals surface area contributed by atoms with Gasteiger partial charge in [-0.25, -0.2) is 4.98 Å². The maximum atomic E-state index is 12.0. The third kappa shape index (κ3) is 4.41. The van der Waals surface area contributed by atoms with Gasteiger partial charge in [-0.3, -0.25) is 9.78 Å². The first kappa shape index (κ1) is 17.5. The van der Waals surface area contributed by atoms with Gasteiger partial charge in [0, 0.05) is 30.3 Å². The lowest BCUT2D eigenvalue weighted by atomic mass is 9.81. The molecule has 2 aromatic heterocycles. The van der Waals surface area contributed by atoms with E-state index in [0.717, 1.165) is 32.2 Å². The molecule has 1 aliphatic carbocycles. The Morgan fingerprint density at radius 3 is 2.60 bits per heavy atom. The number of nitrogens with one attached hydrogen (secondary N) is 1. The molecule has 1 N–H and O–H groups in total. The highest BCUT2D eigenvalue weighted by Crippen LogP contribution is 2.35. The summed E-state index contributed by atoms with van der Waals surface area (Å²) in [5.41, 5.74) is 0.261. The lowest BCUT2D eigenvalue weighted by Gasteiger charge is -2.27. The zero-order chi connectivity index (χ0) is 17.9. The van der Waals surface area contributed by atoms with Crippen molar-refractivity contribution < 1.29 is 9.21 Å². The number of amides is 1. The molecule has 1 aliphatic rings. The van der Waals surface area contributed by atoms with Gasteiger partial charge in [0.2, 0.25) is 11.8 Å². The molecule has 0 aromatic carbocycles. The van der Waals surface area contributed by atoms with Crippen molar-refractivity contribution in [3.8, 4) is 11.6 Å². The Hall–Kier alpha value is -2.31. The summed E-state index contributed by atoms with van der Waals surface area (Å²) in [6, 6.07) is 0. The van der Waals surface area contributed by atoms with Gasteiger partial charge in [-0.1, -0.05) is 20.8 Å². The second-order valence-corrected chi connectivity index (χ2v) is 7.71. The summed E-state index contributed by atoms with van der Waals surface area (Å²) >= 11 is 0. The Bertz CT molecular complexity index is 700. The van der Waals surface area contributed by atoms with Crippen molar-refractivity contribution in [1.82, 2.24) is 25.5 Å². The molecule has 3 rings (SSSR count). The third-order valence-electron chi connectivity index (χ3n) is 4.65. The Balaban J connectivity index is 1.51. The Labute approximate surface area is 147 Å². The molecule has 0 bridgehead atoms. The molecule has 1 saturated carbocycles. The van der Waals surface area contributed by atoms with Crippen LogP contribution < -0.4 is 5.32 Å². The molecule has 134 valence electrons. The molecular formula is C18H25N5O2. The smallest absolute Gasteiger partial charge is 0.267 e. The zero-order valence-electron chi connectivity index (χ0n) is 15.0. The number of hydrogen-bond donors (Lipinski definition) is 1. The number of rotatable bonds is 4. The second kappa shape index (κ2) is 7.29. The predicted octanol–water partition coefficient (Wildman–Crippen LogP) is 2.96. The minimum absolute atomic E-state index is 0.111. The van der Waals surface area contributed by atoms with Crippen molar-refractivity contribution in [2.45, 2.75) is 52.4 Å². The van der Waals surface area contributed by atoms with E-state index in [1.807, 2.05) is 20.8 Å². The number of aromatic nitrogens is 4. The lowest BCUT2D eigenvalue weighted by Crippen LogP contribution is -2.38. The average molecular weight is 343 g/mol. The van der Waals surface area contributed by atoms with E-state index < -0.39 is 0 Å². The maximum absolute atomic E-state index is 12.0. The molecule has 0 saturated heterocycles. The molecule has 2 heterocycles. The van der Waals surface area contributed by atoms with Crippen molar-refractivity contribution in [2.24, 2.45) is 11.3 Å². The standard InChI is InChI=1S/C18H25N5O2/c1-18(2,3)17(24)21-10-12-4-6-13(7-5-12)15-22-23-16(25-15)14-11-19-8-9-20-14/h8-9,11-13H,4-7,10H2,1-3H3,(H,21,24). The van der Waals surface area contributed by atoms with Gasteiger partial charge in [0.05, 0.1) is 6.20 Å². The largest absolute Gasteiger partial charge is 0.419 e. The summed E-state index contributed by atoms with van der Waals surface area (Å²) in [6.45, 7) is 6.55. The Kier molecular flexibility index (Phi) is 5.11. The van der Waals surface area contributed by atoms with Crippen molar-refractivity contribution >= 4 is 5.91 Å². The molecule has 0 aliphatic heterocycles. The molecular weight excluding hydrogens is 318 g/mol. The average Bonchev–Trinajstić information content (AvgIpc) is 3.10. The summed E-state index contributed by atoms with van der Waals surface area (Å²) in [5, 5.41) is 11.4. The molecule has 2 aromatic rings. The van der Waals surface area contributed by atoms with Crippen LogP contribution in [0, 0.1) is 11.3 Å². The van der Waals surface area contributed by atoms with Crippen LogP contribution in [-0.2, 0) is 4.79 Å². The van der Waals surface area contributed by atoms with Gasteiger partial charge < -0.3 is 9.73 Å². The van der Waals surface area contributed by atoms with Gasteiger partial charge in [-0.05, 0) is 31.6 Å². The van der Waals surface area contributed by atoms with Crippen molar-refractivity contribution in [3.63, 3.8) is 0 Å². The minimum Gasteiger partial charge on any atom is -0.419 e. The third-order valence-corrected chi connectivity index (χ3v) is 4.65. The number of carbonyl (C=O) groups is 1. The summed E-state index contributed by atoms with van der Waals surface area (Å²) in [7, 11) is 0. The first-order valence-corrected chi connectivity index (χ1v) is 8.81. The van der Waals surface area contributed by atoms with Crippen LogP contribution in [0.15, 0.2) is 23.0 Å². The van der Waals surface area contributed by atoms with Crippen LogP contribution in [0.3, 0.4) is 0 Å². The van der Waals surface area contributed by atoms with Gasteiger partial charge in [0.1, 0.15) is 5.69 Å². The first-order valence-electron chi connectivity index (χ1n) is 8.81. The lowest BCUT2D eigenvalue weighted by molar-refractivity contribution is -0.128. The summed E-state index contributed by atoms with van der Waals surface area (Å²) in [4.78, 5) is 20.2. The van der Waals surface area contributed by atoms with E-state index in [1.165, 1.54) is 0 Å². The van der Waals surface area contributed by atoms with Crippen LogP contribution in [0.25, 0.3) is 11.6 Å². The topological polar surface area (TPSA) is 93.8 Å². The molecule has 0 unspecified atom stereocenters. The van der Waals surface area contributed by atoms with E-state index in [4.69, 9.17) is 4.42 Å². The van der Waals surface area contributed by atoms with Gasteiger partial charge in [-0.15, -0.1) is 10.2 Å². The Morgan fingerprint density at radius 1 is 1.20 bits per heavy atom. The summed E-state index contributed by atoms with van der Waals surface area (Å²) < 4.78 is 5.79. The van der Waals surface area contributed by atoms with E-state index in [1.54, 1.807) is 18.6 Å². The van der Waals surface area contributed by atoms with Gasteiger partial charge in [-0.2, -0.15) is 0 Å². The van der Waals surface area contributed by atoms with Crippen molar-refractivity contribution in [3.05, 3.63) is 24.5 Å². The zero-order valence-corrected chi connectivity index (χ0v) is 15.0. The van der Waals surface area contributed by atoms with Crippen LogP contribution in [0.5, 0.6) is 0 Å². The van der Waals surface area contributed by atoms with E-state index in [0.29, 0.717) is 23.4 Å². The fraction of sp³-hybridized carbons (Fsp3) is 0.611. The quantitative estimate of drug-likeness (QED) is 0.917. The van der Waals surface area contributed by atoms with E-state index in [9.17, 15) is 4.79 Å². The van der Waals surface area contributed by atoms with Gasteiger partial charge in [0.25, 0.3) is 5.89 Å². The van der Waals surface area contributed by atoms with Crippen molar-refractivity contribution in [2.75, 3.05) is 6.54 Å². The van der Waals surface area contributed by atoms with Crippen LogP contribution in [0.2, 0.25) is 0 Å². The first-order chi connectivity index (χ1) is 11.9. The maximum Gasteiger partial charge on any atom is 0.267 e. The molecule has 0 spiro atoms. The van der Waals surface area contributed by atoms with Crippen LogP contribution in [-0.4, -0.2) is 32.6 Å². The van der Waals surface area contributed by atoms with Gasteiger partial charge >= 0.3 is 0 Å². The SMILES string of the molecule is CC(C)(C)C(=O)NCC1CCC(c2nnc(-c3cnccn3)o2)CC1. The predicted molar refractivity (Wildman–Crippen MR) is 92.5 cm³/mol. The Morgan fingerprint density at radius 2 is 1.96 bits per heavy atom. The van der Waals surface area contributed by atoms with Gasteiger partial charge in [0.15, 0.2) is 0 Å². The fourth-order valence-electron chi connectivity index (χ4n) is 3.03. The number of carbonyl (C=O) groups excluding carboxylic acids is 1. The normalized spacial score (nSPS) is 21.1. The molecule has 25 heavy (non-hydrogen) atoms. The fourth-order valence-corrected chi connectivity index (χ4v) is 3.03. The number of nitrogens with zero attached hydrogens (tertiary/aromatic N) is 4. The highest BCUT2D eigenvalue weighted by atomic mass is 16.4. The second-order valence-electron chi connectivity index (χ2n) is 7.71. The van der Waals surface area contributed by atoms with Crippen LogP contribution in [0.4, 0.5) is 0 Å². The molecule has 0 radical (unpaired) electrons. The molecule has 7 nitrogen and oxygen atoms in total. The molecule has 1 fully saturated rings. The van der Waals surface area contributed by atoms with E-state index >= 15 is 0 Å².